The van der Waals surface area contributed by atoms with Gasteiger partial charge in [-0.05, 0) is 12.1 Å². The predicted octanol–water partition coefficient (Wildman–Crippen LogP) is 1.98. The molecule has 0 unspecified atom stereocenters. The first-order valence-electron chi connectivity index (χ1n) is 9.82. The number of hydrogen-bond acceptors (Lipinski definition) is 8. The van der Waals surface area contributed by atoms with Crippen molar-refractivity contribution >= 4 is 29.0 Å². The Morgan fingerprint density at radius 2 is 2.00 bits per heavy atom. The summed E-state index contributed by atoms with van der Waals surface area (Å²) in [6.45, 7) is 0. The van der Waals surface area contributed by atoms with Crippen molar-refractivity contribution in [1.82, 2.24) is 30.3 Å². The average Bonchev–Trinajstić information content (AvgIpc) is 3.22. The quantitative estimate of drug-likeness (QED) is 0.489. The van der Waals surface area contributed by atoms with Crippen molar-refractivity contribution in [2.45, 2.75) is 12.3 Å². The lowest BCUT2D eigenvalue weighted by atomic mass is 10.1. The van der Waals surface area contributed by atoms with Crippen LogP contribution in [-0.4, -0.2) is 56.9 Å². The highest BCUT2D eigenvalue weighted by atomic mass is 19.3. The molecule has 2 aromatic heterocycles. The summed E-state index contributed by atoms with van der Waals surface area (Å²) in [5.74, 6) is -5.10. The van der Waals surface area contributed by atoms with Crippen LogP contribution in [0.25, 0.3) is 11.4 Å². The molecule has 0 aliphatic heterocycles. The summed E-state index contributed by atoms with van der Waals surface area (Å²) in [4.78, 5) is 28.6. The first kappa shape index (κ1) is 22.0. The number of methoxy groups -OCH3 is 1. The highest BCUT2D eigenvalue weighted by molar-refractivity contribution is 6.00. The summed E-state index contributed by atoms with van der Waals surface area (Å²) >= 11 is 0. The molecule has 11 nitrogen and oxygen atoms in total. The van der Waals surface area contributed by atoms with Gasteiger partial charge in [-0.2, -0.15) is 5.10 Å². The van der Waals surface area contributed by atoms with Crippen molar-refractivity contribution in [2.24, 2.45) is 13.0 Å². The van der Waals surface area contributed by atoms with E-state index in [9.17, 15) is 18.4 Å². The van der Waals surface area contributed by atoms with E-state index in [1.165, 1.54) is 20.2 Å². The molecule has 172 valence electrons. The highest BCUT2D eigenvalue weighted by Crippen LogP contribution is 2.49. The summed E-state index contributed by atoms with van der Waals surface area (Å²) in [6, 6.07) is 6.54. The van der Waals surface area contributed by atoms with Gasteiger partial charge in [0.05, 0.1) is 24.0 Å². The number of nitrogens with one attached hydrogen (secondary N) is 3. The fraction of sp³-hybridized carbons (Fsp3) is 0.300. The molecule has 1 fully saturated rings. The normalized spacial score (nSPS) is 16.1. The molecule has 1 aromatic carbocycles. The number of para-hydroxylation sites is 1. The molecule has 0 spiro atoms. The number of aromatic nitrogens is 5. The van der Waals surface area contributed by atoms with Crippen LogP contribution in [0.15, 0.2) is 30.6 Å². The van der Waals surface area contributed by atoms with E-state index < -0.39 is 30.1 Å². The fourth-order valence-corrected chi connectivity index (χ4v) is 3.18. The third-order valence-corrected chi connectivity index (χ3v) is 4.96. The van der Waals surface area contributed by atoms with E-state index in [1.54, 1.807) is 36.3 Å². The van der Waals surface area contributed by atoms with Gasteiger partial charge in [0.2, 0.25) is 5.91 Å². The van der Waals surface area contributed by atoms with Crippen molar-refractivity contribution in [3.8, 4) is 17.1 Å². The number of ether oxygens (including phenoxy) is 1. The largest absolute Gasteiger partial charge is 0.494 e. The van der Waals surface area contributed by atoms with E-state index in [-0.39, 0.29) is 17.2 Å². The van der Waals surface area contributed by atoms with Crippen LogP contribution in [-0.2, 0) is 11.8 Å². The first-order valence-corrected chi connectivity index (χ1v) is 9.82. The molecule has 1 aliphatic carbocycles. The van der Waals surface area contributed by atoms with Gasteiger partial charge in [-0.1, -0.05) is 6.07 Å². The van der Waals surface area contributed by atoms with Gasteiger partial charge in [-0.15, -0.1) is 10.2 Å². The fourth-order valence-electron chi connectivity index (χ4n) is 3.18. The molecule has 2 heterocycles. The van der Waals surface area contributed by atoms with Gasteiger partial charge in [-0.3, -0.25) is 14.3 Å². The molecule has 3 aromatic rings. The SMILES string of the molecule is CNC(=O)c1nnc(NC(=O)[C@H]2CC2(F)F)cc1Nc1cccc(-c2ncn(C)n2)c1OC. The summed E-state index contributed by atoms with van der Waals surface area (Å²) < 4.78 is 33.5. The Hall–Kier alpha value is -4.16. The maximum absolute atomic E-state index is 13.2. The topological polar surface area (TPSA) is 136 Å². The molecule has 3 N–H and O–H groups in total. The van der Waals surface area contributed by atoms with Crippen LogP contribution in [0.4, 0.5) is 26.0 Å². The second-order valence-electron chi connectivity index (χ2n) is 7.33. The molecular weight excluding hydrogens is 438 g/mol. The zero-order valence-electron chi connectivity index (χ0n) is 17.9. The average molecular weight is 458 g/mol. The number of hydrogen-bond donors (Lipinski definition) is 3. The summed E-state index contributed by atoms with van der Waals surface area (Å²) in [7, 11) is 4.63. The lowest BCUT2D eigenvalue weighted by molar-refractivity contribution is -0.119. The minimum atomic E-state index is -3.02. The molecule has 0 bridgehead atoms. The lowest BCUT2D eigenvalue weighted by Crippen LogP contribution is -2.23. The summed E-state index contributed by atoms with van der Waals surface area (Å²) in [6.07, 6.45) is 1.03. The predicted molar refractivity (Wildman–Crippen MR) is 113 cm³/mol. The van der Waals surface area contributed by atoms with Crippen LogP contribution in [0.1, 0.15) is 16.9 Å². The van der Waals surface area contributed by atoms with Crippen LogP contribution < -0.4 is 20.7 Å². The molecule has 13 heteroatoms. The number of aryl methyl sites for hydroxylation is 1. The molecule has 33 heavy (non-hydrogen) atoms. The smallest absolute Gasteiger partial charge is 0.273 e. The lowest BCUT2D eigenvalue weighted by Gasteiger charge is -2.16. The van der Waals surface area contributed by atoms with Crippen LogP contribution in [0, 0.1) is 5.92 Å². The Kier molecular flexibility index (Phi) is 5.62. The number of anilines is 3. The van der Waals surface area contributed by atoms with Gasteiger partial charge in [0.1, 0.15) is 12.2 Å². The Morgan fingerprint density at radius 1 is 1.24 bits per heavy atom. The van der Waals surface area contributed by atoms with Crippen molar-refractivity contribution in [3.05, 3.63) is 36.3 Å². The van der Waals surface area contributed by atoms with E-state index in [1.807, 2.05) is 0 Å². The minimum Gasteiger partial charge on any atom is -0.494 e. The Labute approximate surface area is 186 Å². The standard InChI is InChI=1S/C20H20F2N8O3/c1-23-19(32)15-13(7-14(27-28-15)26-18(31)11-8-20(11,21)22)25-12-6-4-5-10(16(12)33-3)17-24-9-30(2)29-17/h4-7,9,11H,8H2,1-3H3,(H,23,32)(H2,25,26,27,31)/t11-/m1/s1. The zero-order valence-corrected chi connectivity index (χ0v) is 17.9. The summed E-state index contributed by atoms with van der Waals surface area (Å²) in [5, 5.41) is 19.7. The third-order valence-electron chi connectivity index (χ3n) is 4.96. The Bertz CT molecular complexity index is 1230. The molecule has 0 saturated heterocycles. The van der Waals surface area contributed by atoms with E-state index in [4.69, 9.17) is 4.74 Å². The number of nitrogens with zero attached hydrogens (tertiary/aromatic N) is 5. The molecule has 1 aliphatic rings. The van der Waals surface area contributed by atoms with Gasteiger partial charge < -0.3 is 20.7 Å². The number of rotatable bonds is 7. The number of amides is 2. The van der Waals surface area contributed by atoms with Gasteiger partial charge in [0.15, 0.2) is 23.1 Å². The molecule has 1 atom stereocenters. The molecular formula is C20H20F2N8O3. The Balaban J connectivity index is 1.69. The molecule has 4 rings (SSSR count). The minimum absolute atomic E-state index is 0.0735. The van der Waals surface area contributed by atoms with Gasteiger partial charge >= 0.3 is 0 Å². The van der Waals surface area contributed by atoms with Crippen molar-refractivity contribution in [2.75, 3.05) is 24.8 Å². The maximum Gasteiger partial charge on any atom is 0.273 e. The van der Waals surface area contributed by atoms with E-state index in [0.717, 1.165) is 0 Å². The van der Waals surface area contributed by atoms with E-state index in [0.29, 0.717) is 22.8 Å². The number of halogens is 2. The van der Waals surface area contributed by atoms with E-state index in [2.05, 4.69) is 36.2 Å². The van der Waals surface area contributed by atoms with Gasteiger partial charge in [-0.25, -0.2) is 13.8 Å². The number of alkyl halides is 2. The number of carbonyl (C=O) groups is 2. The third kappa shape index (κ3) is 4.42. The zero-order chi connectivity index (χ0) is 23.8. The molecule has 0 radical (unpaired) electrons. The van der Waals surface area contributed by atoms with Crippen molar-refractivity contribution < 1.29 is 23.1 Å². The highest BCUT2D eigenvalue weighted by Gasteiger charge is 2.61. The van der Waals surface area contributed by atoms with Crippen LogP contribution in [0.2, 0.25) is 0 Å². The second kappa shape index (κ2) is 8.41. The van der Waals surface area contributed by atoms with Crippen LogP contribution in [0.5, 0.6) is 5.75 Å². The van der Waals surface area contributed by atoms with Gasteiger partial charge in [0, 0.05) is 26.6 Å². The number of carbonyl (C=O) groups excluding carboxylic acids is 2. The van der Waals surface area contributed by atoms with Crippen LogP contribution >= 0.6 is 0 Å². The van der Waals surface area contributed by atoms with Gasteiger partial charge in [0.25, 0.3) is 11.8 Å². The maximum atomic E-state index is 13.2. The Morgan fingerprint density at radius 3 is 2.61 bits per heavy atom. The van der Waals surface area contributed by atoms with E-state index >= 15 is 0 Å². The van der Waals surface area contributed by atoms with Crippen molar-refractivity contribution in [3.63, 3.8) is 0 Å². The second-order valence-corrected chi connectivity index (χ2v) is 7.33. The van der Waals surface area contributed by atoms with Crippen molar-refractivity contribution in [1.29, 1.82) is 0 Å². The molecule has 1 saturated carbocycles. The summed E-state index contributed by atoms with van der Waals surface area (Å²) in [5.41, 5.74) is 1.14. The number of benzene rings is 1. The van der Waals surface area contributed by atoms with Crippen LogP contribution in [0.3, 0.4) is 0 Å². The monoisotopic (exact) mass is 458 g/mol. The molecule has 2 amide bonds. The first-order chi connectivity index (χ1) is 15.7.